The Balaban J connectivity index is 2.27. The van der Waals surface area contributed by atoms with Gasteiger partial charge in [-0.1, -0.05) is 19.1 Å². The topological polar surface area (TPSA) is 23.1 Å². The highest BCUT2D eigenvalue weighted by atomic mass is 16.3. The van der Waals surface area contributed by atoms with Crippen LogP contribution in [0.2, 0.25) is 0 Å². The molecule has 1 rings (SSSR count). The van der Waals surface area contributed by atoms with Gasteiger partial charge in [-0.3, -0.25) is 4.90 Å². The molecule has 51 valence electrons. The SMILES string of the molecule is CCC([O])N1CC=CC1. The second-order valence-electron chi connectivity index (χ2n) is 2.29. The van der Waals surface area contributed by atoms with Crippen LogP contribution in [0.3, 0.4) is 0 Å². The maximum atomic E-state index is 11.0. The lowest BCUT2D eigenvalue weighted by Crippen LogP contribution is -2.30. The van der Waals surface area contributed by atoms with Gasteiger partial charge in [0, 0.05) is 13.1 Å². The molecule has 0 N–H and O–H groups in total. The summed E-state index contributed by atoms with van der Waals surface area (Å²) in [6.45, 7) is 3.62. The monoisotopic (exact) mass is 126 g/mol. The summed E-state index contributed by atoms with van der Waals surface area (Å²) >= 11 is 0. The molecular weight excluding hydrogens is 114 g/mol. The van der Waals surface area contributed by atoms with Crippen molar-refractivity contribution in [2.45, 2.75) is 19.6 Å². The highest BCUT2D eigenvalue weighted by molar-refractivity contribution is 4.95. The molecule has 1 unspecified atom stereocenters. The van der Waals surface area contributed by atoms with Crippen LogP contribution in [-0.2, 0) is 5.11 Å². The zero-order valence-electron chi connectivity index (χ0n) is 5.71. The lowest BCUT2D eigenvalue weighted by Gasteiger charge is -2.17. The highest BCUT2D eigenvalue weighted by Crippen LogP contribution is 2.05. The van der Waals surface area contributed by atoms with Crippen LogP contribution in [0.25, 0.3) is 0 Å². The Bertz CT molecular complexity index is 103. The summed E-state index contributed by atoms with van der Waals surface area (Å²) in [7, 11) is 0. The number of hydrogen-bond acceptors (Lipinski definition) is 1. The first-order chi connectivity index (χ1) is 4.34. The third-order valence-electron chi connectivity index (χ3n) is 1.60. The number of nitrogens with zero attached hydrogens (tertiary/aromatic N) is 1. The molecule has 9 heavy (non-hydrogen) atoms. The lowest BCUT2D eigenvalue weighted by molar-refractivity contribution is -0.0349. The first-order valence-electron chi connectivity index (χ1n) is 3.39. The van der Waals surface area contributed by atoms with E-state index in [2.05, 4.69) is 0 Å². The zero-order valence-corrected chi connectivity index (χ0v) is 5.71. The van der Waals surface area contributed by atoms with Gasteiger partial charge in [0.1, 0.15) is 6.23 Å². The average molecular weight is 126 g/mol. The molecule has 1 heterocycles. The molecule has 0 aromatic carbocycles. The molecule has 0 aliphatic carbocycles. The van der Waals surface area contributed by atoms with Crippen molar-refractivity contribution < 1.29 is 5.11 Å². The Labute approximate surface area is 55.8 Å². The fourth-order valence-electron chi connectivity index (χ4n) is 0.988. The summed E-state index contributed by atoms with van der Waals surface area (Å²) in [6, 6.07) is 0. The van der Waals surface area contributed by atoms with Gasteiger partial charge in [0.2, 0.25) is 0 Å². The molecule has 1 radical (unpaired) electrons. The van der Waals surface area contributed by atoms with E-state index in [4.69, 9.17) is 0 Å². The Hall–Kier alpha value is -0.340. The van der Waals surface area contributed by atoms with Crippen LogP contribution in [0.5, 0.6) is 0 Å². The molecule has 0 saturated heterocycles. The molecule has 0 aromatic heterocycles. The van der Waals surface area contributed by atoms with E-state index >= 15 is 0 Å². The summed E-state index contributed by atoms with van der Waals surface area (Å²) in [6.07, 6.45) is 4.31. The molecule has 0 spiro atoms. The van der Waals surface area contributed by atoms with Gasteiger partial charge in [-0.25, -0.2) is 5.11 Å². The normalized spacial score (nSPS) is 22.9. The Morgan fingerprint density at radius 1 is 1.56 bits per heavy atom. The van der Waals surface area contributed by atoms with Crippen LogP contribution in [0, 0.1) is 0 Å². The first kappa shape index (κ1) is 6.78. The molecule has 0 saturated carbocycles. The Morgan fingerprint density at radius 2 is 2.11 bits per heavy atom. The van der Waals surface area contributed by atoms with Crippen molar-refractivity contribution in [2.75, 3.05) is 13.1 Å². The van der Waals surface area contributed by atoms with Crippen LogP contribution in [-0.4, -0.2) is 24.2 Å². The molecule has 0 amide bonds. The predicted octanol–water partition coefficient (Wildman–Crippen LogP) is 1.02. The minimum atomic E-state index is -0.486. The van der Waals surface area contributed by atoms with Crippen molar-refractivity contribution >= 4 is 0 Å². The van der Waals surface area contributed by atoms with E-state index in [0.717, 1.165) is 13.1 Å². The quantitative estimate of drug-likeness (QED) is 0.507. The fraction of sp³-hybridized carbons (Fsp3) is 0.714. The zero-order chi connectivity index (χ0) is 6.69. The Kier molecular flexibility index (Phi) is 2.25. The second kappa shape index (κ2) is 2.99. The molecule has 1 atom stereocenters. The van der Waals surface area contributed by atoms with Gasteiger partial charge in [0.05, 0.1) is 0 Å². The van der Waals surface area contributed by atoms with Crippen molar-refractivity contribution in [1.29, 1.82) is 0 Å². The van der Waals surface area contributed by atoms with E-state index in [0.29, 0.717) is 6.42 Å². The van der Waals surface area contributed by atoms with Crippen LogP contribution in [0.4, 0.5) is 0 Å². The van der Waals surface area contributed by atoms with Crippen molar-refractivity contribution in [1.82, 2.24) is 4.90 Å². The molecule has 0 aromatic rings. The van der Waals surface area contributed by atoms with Gasteiger partial charge in [0.25, 0.3) is 0 Å². The number of hydrogen-bond donors (Lipinski definition) is 0. The molecule has 0 fully saturated rings. The Morgan fingerprint density at radius 3 is 2.56 bits per heavy atom. The summed E-state index contributed by atoms with van der Waals surface area (Å²) in [5, 5.41) is 11.0. The lowest BCUT2D eigenvalue weighted by atomic mass is 10.4. The smallest absolute Gasteiger partial charge is 0.146 e. The van der Waals surface area contributed by atoms with E-state index in [-0.39, 0.29) is 0 Å². The van der Waals surface area contributed by atoms with Crippen molar-refractivity contribution in [3.05, 3.63) is 12.2 Å². The van der Waals surface area contributed by atoms with Crippen molar-refractivity contribution in [2.24, 2.45) is 0 Å². The summed E-state index contributed by atoms with van der Waals surface area (Å²) in [4.78, 5) is 1.92. The molecule has 1 aliphatic heterocycles. The van der Waals surface area contributed by atoms with Gasteiger partial charge >= 0.3 is 0 Å². The van der Waals surface area contributed by atoms with Gasteiger partial charge in [-0.05, 0) is 6.42 Å². The van der Waals surface area contributed by atoms with Gasteiger partial charge in [-0.2, -0.15) is 0 Å². The standard InChI is InChI=1S/C7H12NO/c1-2-7(9)8-5-3-4-6-8/h3-4,7H,2,5-6H2,1H3. The van der Waals surface area contributed by atoms with E-state index in [1.165, 1.54) is 0 Å². The number of rotatable bonds is 2. The second-order valence-corrected chi connectivity index (χ2v) is 2.29. The largest absolute Gasteiger partial charge is 0.268 e. The minimum Gasteiger partial charge on any atom is -0.268 e. The van der Waals surface area contributed by atoms with Crippen LogP contribution >= 0.6 is 0 Å². The predicted molar refractivity (Wildman–Crippen MR) is 35.5 cm³/mol. The maximum Gasteiger partial charge on any atom is 0.146 e. The molecular formula is C7H12NO. The highest BCUT2D eigenvalue weighted by Gasteiger charge is 2.14. The van der Waals surface area contributed by atoms with Gasteiger partial charge < -0.3 is 0 Å². The van der Waals surface area contributed by atoms with Crippen LogP contribution < -0.4 is 0 Å². The average Bonchev–Trinajstić information content (AvgIpc) is 2.37. The van der Waals surface area contributed by atoms with E-state index in [9.17, 15) is 5.11 Å². The summed E-state index contributed by atoms with van der Waals surface area (Å²) in [5.74, 6) is 0. The van der Waals surface area contributed by atoms with Gasteiger partial charge in [0.15, 0.2) is 0 Å². The summed E-state index contributed by atoms with van der Waals surface area (Å²) in [5.41, 5.74) is 0. The molecule has 0 bridgehead atoms. The third-order valence-corrected chi connectivity index (χ3v) is 1.60. The molecule has 1 aliphatic rings. The van der Waals surface area contributed by atoms with Crippen LogP contribution in [0.15, 0.2) is 12.2 Å². The minimum absolute atomic E-state index is 0.486. The van der Waals surface area contributed by atoms with E-state index in [1.54, 1.807) is 0 Å². The first-order valence-corrected chi connectivity index (χ1v) is 3.39. The van der Waals surface area contributed by atoms with Gasteiger partial charge in [-0.15, -0.1) is 0 Å². The fourth-order valence-corrected chi connectivity index (χ4v) is 0.988. The summed E-state index contributed by atoms with van der Waals surface area (Å²) < 4.78 is 0. The van der Waals surface area contributed by atoms with Crippen molar-refractivity contribution in [3.63, 3.8) is 0 Å². The van der Waals surface area contributed by atoms with E-state index in [1.807, 2.05) is 24.0 Å². The van der Waals surface area contributed by atoms with Crippen LogP contribution in [0.1, 0.15) is 13.3 Å². The van der Waals surface area contributed by atoms with E-state index < -0.39 is 6.23 Å². The molecule has 2 heteroatoms. The molecule has 2 nitrogen and oxygen atoms in total. The third kappa shape index (κ3) is 1.53. The maximum absolute atomic E-state index is 11.0. The van der Waals surface area contributed by atoms with Crippen molar-refractivity contribution in [3.8, 4) is 0 Å².